The molecular formula is C36H32N2+2. The molecule has 0 fully saturated rings. The number of aromatic nitrogens is 2. The Morgan fingerprint density at radius 1 is 0.632 bits per heavy atom. The van der Waals surface area contributed by atoms with Gasteiger partial charge in [-0.3, -0.25) is 0 Å². The summed E-state index contributed by atoms with van der Waals surface area (Å²) in [6.45, 7) is 7.52. The van der Waals surface area contributed by atoms with E-state index in [1.807, 2.05) is 0 Å². The van der Waals surface area contributed by atoms with Gasteiger partial charge in [0, 0.05) is 28.8 Å². The summed E-state index contributed by atoms with van der Waals surface area (Å²) in [4.78, 5) is 0. The van der Waals surface area contributed by atoms with Crippen LogP contribution in [-0.2, 0) is 6.54 Å². The Hall–Kier alpha value is -4.30. The highest BCUT2D eigenvalue weighted by Crippen LogP contribution is 2.48. The van der Waals surface area contributed by atoms with E-state index < -0.39 is 0 Å². The molecule has 0 spiro atoms. The molecule has 5 aromatic rings. The molecule has 0 amide bonds. The zero-order valence-corrected chi connectivity index (χ0v) is 22.2. The maximum absolute atomic E-state index is 2.53. The van der Waals surface area contributed by atoms with E-state index in [9.17, 15) is 0 Å². The van der Waals surface area contributed by atoms with Crippen molar-refractivity contribution in [3.8, 4) is 33.6 Å². The molecule has 7 rings (SSSR count). The molecule has 2 atom stereocenters. The number of allylic oxidation sites excluding steroid dienone is 2. The fraction of sp³-hybridized carbons (Fsp3) is 0.167. The minimum absolute atomic E-state index is 0.346. The third-order valence-corrected chi connectivity index (χ3v) is 8.37. The Bertz CT molecular complexity index is 1730. The Labute approximate surface area is 225 Å². The van der Waals surface area contributed by atoms with E-state index in [2.05, 4.69) is 145 Å². The highest BCUT2D eigenvalue weighted by molar-refractivity contribution is 5.70. The van der Waals surface area contributed by atoms with Crippen LogP contribution in [0.1, 0.15) is 34.2 Å². The minimum atomic E-state index is 0.346. The summed E-state index contributed by atoms with van der Waals surface area (Å²) in [6.07, 6.45) is 7.23. The van der Waals surface area contributed by atoms with Gasteiger partial charge in [-0.15, -0.1) is 0 Å². The van der Waals surface area contributed by atoms with Crippen molar-refractivity contribution in [2.45, 2.75) is 39.3 Å². The van der Waals surface area contributed by atoms with Crippen LogP contribution in [0.2, 0.25) is 0 Å². The van der Waals surface area contributed by atoms with Gasteiger partial charge >= 0.3 is 0 Å². The van der Waals surface area contributed by atoms with Crippen molar-refractivity contribution < 1.29 is 9.13 Å². The van der Waals surface area contributed by atoms with E-state index in [1.54, 1.807) is 0 Å². The van der Waals surface area contributed by atoms with Crippen molar-refractivity contribution in [1.82, 2.24) is 0 Å². The molecule has 2 aliphatic rings. The lowest BCUT2D eigenvalue weighted by Gasteiger charge is -2.36. The fourth-order valence-electron chi connectivity index (χ4n) is 6.43. The molecule has 1 aliphatic heterocycles. The smallest absolute Gasteiger partial charge is 0.193 e. The van der Waals surface area contributed by atoms with Gasteiger partial charge in [0.05, 0.1) is 17.1 Å². The lowest BCUT2D eigenvalue weighted by molar-refractivity contribution is -0.726. The van der Waals surface area contributed by atoms with Crippen molar-refractivity contribution in [1.29, 1.82) is 0 Å². The molecular weight excluding hydrogens is 460 g/mol. The van der Waals surface area contributed by atoms with Crippen LogP contribution < -0.4 is 9.13 Å². The van der Waals surface area contributed by atoms with Crippen LogP contribution in [0.15, 0.2) is 121 Å². The second kappa shape index (κ2) is 8.92. The first-order valence-electron chi connectivity index (χ1n) is 13.6. The molecule has 0 saturated carbocycles. The average molecular weight is 493 g/mol. The highest BCUT2D eigenvalue weighted by Gasteiger charge is 2.48. The first kappa shape index (κ1) is 22.9. The van der Waals surface area contributed by atoms with Crippen molar-refractivity contribution >= 4 is 0 Å². The number of benzene rings is 3. The van der Waals surface area contributed by atoms with E-state index in [4.69, 9.17) is 0 Å². The van der Waals surface area contributed by atoms with Gasteiger partial charge in [-0.2, -0.15) is 9.13 Å². The second-order valence-corrected chi connectivity index (χ2v) is 10.9. The van der Waals surface area contributed by atoms with Crippen LogP contribution in [0.4, 0.5) is 0 Å². The molecule has 3 aromatic carbocycles. The number of pyridine rings is 2. The van der Waals surface area contributed by atoms with Gasteiger partial charge in [-0.05, 0) is 61.2 Å². The van der Waals surface area contributed by atoms with Crippen molar-refractivity contribution in [3.05, 3.63) is 143 Å². The standard InChI is InChI=1S/C36H32N2/c1-24-17-18-34-31-16-10-9-15-30(31)32-20-28(36(32)38(34)21-24)22-37-23-33(27-12-5-4-6-13-27)26(3)19-35(37)29-14-8-7-11-25(29)2/h4-21,23,32,36H,22H2,1-3H3/q+2. The number of hydrogen-bond acceptors (Lipinski definition) is 0. The second-order valence-electron chi connectivity index (χ2n) is 10.9. The number of fused-ring (bicyclic) bond motifs is 6. The van der Waals surface area contributed by atoms with Crippen molar-refractivity contribution in [2.75, 3.05) is 0 Å². The molecule has 3 heterocycles. The van der Waals surface area contributed by atoms with E-state index in [1.165, 1.54) is 61.5 Å². The number of aryl methyl sites for hydroxylation is 3. The molecule has 0 radical (unpaired) electrons. The fourth-order valence-corrected chi connectivity index (χ4v) is 6.43. The predicted molar refractivity (Wildman–Crippen MR) is 154 cm³/mol. The van der Waals surface area contributed by atoms with Gasteiger partial charge < -0.3 is 0 Å². The normalized spacial score (nSPS) is 17.1. The Kier molecular flexibility index (Phi) is 5.37. The molecule has 0 bridgehead atoms. The Balaban J connectivity index is 1.38. The topological polar surface area (TPSA) is 7.76 Å². The molecule has 38 heavy (non-hydrogen) atoms. The molecule has 0 N–H and O–H groups in total. The first-order valence-corrected chi connectivity index (χ1v) is 13.6. The van der Waals surface area contributed by atoms with E-state index in [0.717, 1.165) is 6.54 Å². The summed E-state index contributed by atoms with van der Waals surface area (Å²) in [7, 11) is 0. The van der Waals surface area contributed by atoms with Gasteiger partial charge in [-0.25, -0.2) is 0 Å². The zero-order valence-electron chi connectivity index (χ0n) is 22.2. The third kappa shape index (κ3) is 3.63. The SMILES string of the molecule is Cc1ccc2[n+](c1)C1C(C[n+]3cc(-c4ccccc4)c(C)cc3-c3ccccc3C)=CC1c1ccccc1-2. The summed E-state index contributed by atoms with van der Waals surface area (Å²) in [6, 6.07) is 35.7. The number of rotatable bonds is 4. The predicted octanol–water partition coefficient (Wildman–Crippen LogP) is 7.47. The van der Waals surface area contributed by atoms with Crippen LogP contribution in [-0.4, -0.2) is 0 Å². The van der Waals surface area contributed by atoms with E-state index in [-0.39, 0.29) is 0 Å². The molecule has 2 nitrogen and oxygen atoms in total. The number of hydrogen-bond donors (Lipinski definition) is 0. The lowest BCUT2D eigenvalue weighted by Crippen LogP contribution is -2.54. The van der Waals surface area contributed by atoms with Gasteiger partial charge in [0.25, 0.3) is 0 Å². The van der Waals surface area contributed by atoms with Crippen LogP contribution >= 0.6 is 0 Å². The van der Waals surface area contributed by atoms with E-state index >= 15 is 0 Å². The van der Waals surface area contributed by atoms with Crippen molar-refractivity contribution in [3.63, 3.8) is 0 Å². The van der Waals surface area contributed by atoms with Gasteiger partial charge in [0.15, 0.2) is 25.0 Å². The maximum atomic E-state index is 2.53. The van der Waals surface area contributed by atoms with Gasteiger partial charge in [0.2, 0.25) is 11.4 Å². The van der Waals surface area contributed by atoms with Crippen LogP contribution in [0.5, 0.6) is 0 Å². The monoisotopic (exact) mass is 492 g/mol. The zero-order chi connectivity index (χ0) is 25.8. The van der Waals surface area contributed by atoms with Crippen LogP contribution in [0, 0.1) is 20.8 Å². The van der Waals surface area contributed by atoms with E-state index in [0.29, 0.717) is 12.0 Å². The molecule has 1 aliphatic carbocycles. The Morgan fingerprint density at radius 2 is 1.37 bits per heavy atom. The number of nitrogens with zero attached hydrogens (tertiary/aromatic N) is 2. The summed E-state index contributed by atoms with van der Waals surface area (Å²) >= 11 is 0. The summed E-state index contributed by atoms with van der Waals surface area (Å²) in [5, 5.41) is 0. The Morgan fingerprint density at radius 3 is 2.18 bits per heavy atom. The van der Waals surface area contributed by atoms with Crippen molar-refractivity contribution in [2.24, 2.45) is 0 Å². The van der Waals surface area contributed by atoms with Gasteiger partial charge in [0.1, 0.15) is 0 Å². The largest absolute Gasteiger partial charge is 0.213 e. The van der Waals surface area contributed by atoms with Crippen LogP contribution in [0.25, 0.3) is 33.6 Å². The summed E-state index contributed by atoms with van der Waals surface area (Å²) in [5.74, 6) is 0.419. The molecule has 2 heteroatoms. The summed E-state index contributed by atoms with van der Waals surface area (Å²) in [5.41, 5.74) is 14.6. The quantitative estimate of drug-likeness (QED) is 0.182. The highest BCUT2D eigenvalue weighted by atomic mass is 15.1. The van der Waals surface area contributed by atoms with Gasteiger partial charge in [-0.1, -0.05) is 72.8 Å². The molecule has 0 saturated heterocycles. The molecule has 2 unspecified atom stereocenters. The molecule has 184 valence electrons. The summed E-state index contributed by atoms with van der Waals surface area (Å²) < 4.78 is 5.01. The first-order chi connectivity index (χ1) is 18.6. The third-order valence-electron chi connectivity index (χ3n) is 8.37. The lowest BCUT2D eigenvalue weighted by atomic mass is 9.71. The molecule has 2 aromatic heterocycles. The maximum Gasteiger partial charge on any atom is 0.213 e. The van der Waals surface area contributed by atoms with Crippen LogP contribution in [0.3, 0.4) is 0 Å². The average Bonchev–Trinajstić information content (AvgIpc) is 2.92. The minimum Gasteiger partial charge on any atom is -0.193 e.